The van der Waals surface area contributed by atoms with Crippen molar-refractivity contribution in [2.75, 3.05) is 32.4 Å². The third kappa shape index (κ3) is 4.46. The molecule has 2 aromatic rings. The van der Waals surface area contributed by atoms with Crippen molar-refractivity contribution in [1.29, 1.82) is 0 Å². The Morgan fingerprint density at radius 2 is 2.16 bits per heavy atom. The third-order valence-electron chi connectivity index (χ3n) is 3.38. The Kier molecular flexibility index (Phi) is 5.46. The number of hydrogen-bond acceptors (Lipinski definition) is 7. The van der Waals surface area contributed by atoms with Crippen LogP contribution in [0.2, 0.25) is 0 Å². The number of carbonyl (C=O) groups excluding carboxylic acids is 2. The van der Waals surface area contributed by atoms with E-state index in [-0.39, 0.29) is 25.0 Å². The number of benzene rings is 1. The molecule has 0 saturated heterocycles. The van der Waals surface area contributed by atoms with E-state index in [1.807, 2.05) is 0 Å². The molecule has 1 aromatic carbocycles. The zero-order valence-corrected chi connectivity index (χ0v) is 14.4. The van der Waals surface area contributed by atoms with E-state index in [0.717, 1.165) is 0 Å². The molecule has 0 saturated carbocycles. The largest absolute Gasteiger partial charge is 0.454 e. The summed E-state index contributed by atoms with van der Waals surface area (Å²) in [7, 11) is 1.57. The Bertz CT molecular complexity index is 777. The molecule has 1 aliphatic heterocycles. The highest BCUT2D eigenvalue weighted by Gasteiger charge is 2.17. The first-order valence-electron chi connectivity index (χ1n) is 7.57. The van der Waals surface area contributed by atoms with Gasteiger partial charge in [-0.15, -0.1) is 11.3 Å². The number of carbonyl (C=O) groups is 2. The van der Waals surface area contributed by atoms with Gasteiger partial charge in [-0.2, -0.15) is 0 Å². The fourth-order valence-corrected chi connectivity index (χ4v) is 2.88. The first-order valence-corrected chi connectivity index (χ1v) is 8.44. The van der Waals surface area contributed by atoms with Crippen LogP contribution in [0.15, 0.2) is 23.6 Å². The van der Waals surface area contributed by atoms with Gasteiger partial charge in [0.05, 0.1) is 18.7 Å². The number of aromatic nitrogens is 1. The quantitative estimate of drug-likeness (QED) is 0.722. The fourth-order valence-electron chi connectivity index (χ4n) is 2.17. The number of rotatable bonds is 7. The zero-order chi connectivity index (χ0) is 17.6. The minimum Gasteiger partial charge on any atom is -0.454 e. The third-order valence-corrected chi connectivity index (χ3v) is 4.18. The standard InChI is InChI=1S/C16H17N3O5S/c1-22-5-4-17-14(20)7-11-8-25-16(18-11)19-15(21)10-2-3-12-13(6-10)24-9-23-12/h2-3,6,8H,4-5,7,9H2,1H3,(H,17,20)(H,18,19,21). The highest BCUT2D eigenvalue weighted by Crippen LogP contribution is 2.32. The molecule has 3 rings (SSSR count). The van der Waals surface area contributed by atoms with Crippen molar-refractivity contribution in [2.45, 2.75) is 6.42 Å². The molecular weight excluding hydrogens is 346 g/mol. The van der Waals surface area contributed by atoms with Gasteiger partial charge >= 0.3 is 0 Å². The van der Waals surface area contributed by atoms with Crippen molar-refractivity contribution >= 4 is 28.3 Å². The second-order valence-corrected chi connectivity index (χ2v) is 6.04. The second kappa shape index (κ2) is 7.95. The lowest BCUT2D eigenvalue weighted by Gasteiger charge is -2.03. The van der Waals surface area contributed by atoms with Gasteiger partial charge in [-0.25, -0.2) is 4.98 Å². The van der Waals surface area contributed by atoms with E-state index in [9.17, 15) is 9.59 Å². The second-order valence-electron chi connectivity index (χ2n) is 5.19. The van der Waals surface area contributed by atoms with E-state index in [0.29, 0.717) is 41.0 Å². The normalized spacial score (nSPS) is 12.0. The number of nitrogens with zero attached hydrogens (tertiary/aromatic N) is 1. The summed E-state index contributed by atoms with van der Waals surface area (Å²) in [5.74, 6) is 0.715. The Labute approximate surface area is 148 Å². The van der Waals surface area contributed by atoms with Crippen molar-refractivity contribution in [3.63, 3.8) is 0 Å². The molecule has 2 heterocycles. The van der Waals surface area contributed by atoms with Crippen LogP contribution in [-0.2, 0) is 16.0 Å². The number of methoxy groups -OCH3 is 1. The number of hydrogen-bond donors (Lipinski definition) is 2. The van der Waals surface area contributed by atoms with Gasteiger partial charge in [0.15, 0.2) is 16.6 Å². The van der Waals surface area contributed by atoms with E-state index in [4.69, 9.17) is 14.2 Å². The number of thiazole rings is 1. The van der Waals surface area contributed by atoms with Gasteiger partial charge in [0, 0.05) is 24.6 Å². The predicted molar refractivity (Wildman–Crippen MR) is 91.2 cm³/mol. The number of anilines is 1. The maximum Gasteiger partial charge on any atom is 0.257 e. The van der Waals surface area contributed by atoms with E-state index in [1.165, 1.54) is 11.3 Å². The van der Waals surface area contributed by atoms with E-state index < -0.39 is 0 Å². The highest BCUT2D eigenvalue weighted by molar-refractivity contribution is 7.14. The minimum absolute atomic E-state index is 0.143. The van der Waals surface area contributed by atoms with Crippen LogP contribution in [0.4, 0.5) is 5.13 Å². The molecule has 0 bridgehead atoms. The number of nitrogens with one attached hydrogen (secondary N) is 2. The first-order chi connectivity index (χ1) is 12.2. The zero-order valence-electron chi connectivity index (χ0n) is 13.5. The van der Waals surface area contributed by atoms with Gasteiger partial charge < -0.3 is 19.5 Å². The summed E-state index contributed by atoms with van der Waals surface area (Å²) in [6.45, 7) is 1.06. The maximum atomic E-state index is 12.3. The van der Waals surface area contributed by atoms with Crippen LogP contribution in [0.1, 0.15) is 16.1 Å². The lowest BCUT2D eigenvalue weighted by Crippen LogP contribution is -2.28. The van der Waals surface area contributed by atoms with Gasteiger partial charge in [0.25, 0.3) is 5.91 Å². The highest BCUT2D eigenvalue weighted by atomic mass is 32.1. The molecule has 132 valence electrons. The molecule has 25 heavy (non-hydrogen) atoms. The summed E-state index contributed by atoms with van der Waals surface area (Å²) in [6, 6.07) is 4.96. The molecule has 1 aromatic heterocycles. The van der Waals surface area contributed by atoms with E-state index >= 15 is 0 Å². The summed E-state index contributed by atoms with van der Waals surface area (Å²) < 4.78 is 15.3. The molecule has 0 fully saturated rings. The molecule has 0 atom stereocenters. The summed E-state index contributed by atoms with van der Waals surface area (Å²) in [4.78, 5) is 28.3. The number of ether oxygens (including phenoxy) is 3. The summed E-state index contributed by atoms with van der Waals surface area (Å²) in [5, 5.41) is 7.61. The minimum atomic E-state index is -0.302. The maximum absolute atomic E-state index is 12.3. The summed E-state index contributed by atoms with van der Waals surface area (Å²) in [6.07, 6.45) is 0.153. The molecule has 8 nitrogen and oxygen atoms in total. The van der Waals surface area contributed by atoms with Crippen LogP contribution in [0, 0.1) is 0 Å². The molecule has 2 N–H and O–H groups in total. The smallest absolute Gasteiger partial charge is 0.257 e. The fraction of sp³-hybridized carbons (Fsp3) is 0.312. The monoisotopic (exact) mass is 363 g/mol. The van der Waals surface area contributed by atoms with Gasteiger partial charge in [-0.3, -0.25) is 14.9 Å². The molecule has 0 spiro atoms. The van der Waals surface area contributed by atoms with E-state index in [2.05, 4.69) is 15.6 Å². The summed E-state index contributed by atoms with van der Waals surface area (Å²) in [5.41, 5.74) is 1.04. The Balaban J connectivity index is 1.56. The molecule has 0 radical (unpaired) electrons. The molecular formula is C16H17N3O5S. The Hall–Kier alpha value is -2.65. The number of fused-ring (bicyclic) bond motifs is 1. The van der Waals surface area contributed by atoms with Crippen LogP contribution in [0.5, 0.6) is 11.5 Å². The Morgan fingerprint density at radius 3 is 3.00 bits per heavy atom. The van der Waals surface area contributed by atoms with Crippen molar-refractivity contribution in [3.8, 4) is 11.5 Å². The van der Waals surface area contributed by atoms with Crippen molar-refractivity contribution in [1.82, 2.24) is 10.3 Å². The van der Waals surface area contributed by atoms with Crippen molar-refractivity contribution < 1.29 is 23.8 Å². The summed E-state index contributed by atoms with van der Waals surface area (Å²) >= 11 is 1.26. The SMILES string of the molecule is COCCNC(=O)Cc1csc(NC(=O)c2ccc3c(c2)OCO3)n1. The van der Waals surface area contributed by atoms with Gasteiger partial charge in [0.2, 0.25) is 12.7 Å². The number of amides is 2. The van der Waals surface area contributed by atoms with Crippen LogP contribution in [-0.4, -0.2) is 43.9 Å². The van der Waals surface area contributed by atoms with Crippen LogP contribution in [0.25, 0.3) is 0 Å². The lowest BCUT2D eigenvalue weighted by molar-refractivity contribution is -0.120. The van der Waals surface area contributed by atoms with Crippen LogP contribution < -0.4 is 20.1 Å². The molecule has 2 amide bonds. The molecule has 1 aliphatic rings. The van der Waals surface area contributed by atoms with Crippen molar-refractivity contribution in [2.24, 2.45) is 0 Å². The van der Waals surface area contributed by atoms with Gasteiger partial charge in [-0.1, -0.05) is 0 Å². The average Bonchev–Trinajstić information content (AvgIpc) is 3.23. The average molecular weight is 363 g/mol. The van der Waals surface area contributed by atoms with E-state index in [1.54, 1.807) is 30.7 Å². The molecule has 0 unspecified atom stereocenters. The Morgan fingerprint density at radius 1 is 1.32 bits per heavy atom. The van der Waals surface area contributed by atoms with Gasteiger partial charge in [0.1, 0.15) is 0 Å². The van der Waals surface area contributed by atoms with Crippen molar-refractivity contribution in [3.05, 3.63) is 34.8 Å². The lowest BCUT2D eigenvalue weighted by atomic mass is 10.2. The van der Waals surface area contributed by atoms with Gasteiger partial charge in [-0.05, 0) is 18.2 Å². The topological polar surface area (TPSA) is 98.8 Å². The molecule has 0 aliphatic carbocycles. The first kappa shape index (κ1) is 17.2. The van der Waals surface area contributed by atoms with Crippen LogP contribution in [0.3, 0.4) is 0 Å². The molecule has 9 heteroatoms. The predicted octanol–water partition coefficient (Wildman–Crippen LogP) is 1.43. The van der Waals surface area contributed by atoms with Crippen LogP contribution >= 0.6 is 11.3 Å².